The minimum atomic E-state index is -0.386. The molecule has 0 heterocycles. The number of aryl methyl sites for hydroxylation is 1. The summed E-state index contributed by atoms with van der Waals surface area (Å²) >= 11 is 0. The molecule has 116 valence electrons. The third-order valence-electron chi connectivity index (χ3n) is 3.25. The van der Waals surface area contributed by atoms with Crippen LogP contribution in [-0.2, 0) is 11.2 Å². The largest absolute Gasteiger partial charge is 0.494 e. The highest BCUT2D eigenvalue weighted by Crippen LogP contribution is 2.24. The van der Waals surface area contributed by atoms with Gasteiger partial charge in [0.1, 0.15) is 11.6 Å². The van der Waals surface area contributed by atoms with Crippen LogP contribution >= 0.6 is 0 Å². The summed E-state index contributed by atoms with van der Waals surface area (Å²) in [5.41, 5.74) is 2.53. The van der Waals surface area contributed by atoms with Crippen molar-refractivity contribution in [2.75, 3.05) is 24.3 Å². The topological polar surface area (TPSA) is 50.4 Å². The molecule has 0 aliphatic heterocycles. The van der Waals surface area contributed by atoms with E-state index in [1.807, 2.05) is 24.3 Å². The van der Waals surface area contributed by atoms with Gasteiger partial charge in [-0.05, 0) is 36.2 Å². The van der Waals surface area contributed by atoms with E-state index in [1.54, 1.807) is 0 Å². The lowest BCUT2D eigenvalue weighted by Gasteiger charge is -2.11. The predicted octanol–water partition coefficient (Wildman–Crippen LogP) is 3.45. The number of methoxy groups -OCH3 is 1. The Morgan fingerprint density at radius 3 is 2.55 bits per heavy atom. The SMILES string of the molecule is CCc1ccc(NC(=O)CNc2ccc(F)cc2OC)cc1. The minimum Gasteiger partial charge on any atom is -0.494 e. The van der Waals surface area contributed by atoms with Crippen molar-refractivity contribution in [1.82, 2.24) is 0 Å². The summed E-state index contributed by atoms with van der Waals surface area (Å²) in [4.78, 5) is 11.9. The van der Waals surface area contributed by atoms with Crippen LogP contribution in [0, 0.1) is 5.82 Å². The van der Waals surface area contributed by atoms with E-state index in [1.165, 1.54) is 30.9 Å². The predicted molar refractivity (Wildman–Crippen MR) is 85.9 cm³/mol. The molecule has 22 heavy (non-hydrogen) atoms. The second-order valence-electron chi connectivity index (χ2n) is 4.80. The number of amides is 1. The van der Waals surface area contributed by atoms with Crippen molar-refractivity contribution < 1.29 is 13.9 Å². The van der Waals surface area contributed by atoms with Gasteiger partial charge in [-0.25, -0.2) is 4.39 Å². The normalized spacial score (nSPS) is 10.1. The molecule has 2 N–H and O–H groups in total. The Bertz CT molecular complexity index is 642. The summed E-state index contributed by atoms with van der Waals surface area (Å²) in [7, 11) is 1.45. The fraction of sp³-hybridized carbons (Fsp3) is 0.235. The summed E-state index contributed by atoms with van der Waals surface area (Å²) in [6, 6.07) is 11.8. The Morgan fingerprint density at radius 2 is 1.91 bits per heavy atom. The Kier molecular flexibility index (Phi) is 5.36. The lowest BCUT2D eigenvalue weighted by Crippen LogP contribution is -2.22. The van der Waals surface area contributed by atoms with Crippen molar-refractivity contribution in [2.24, 2.45) is 0 Å². The number of hydrogen-bond donors (Lipinski definition) is 2. The third kappa shape index (κ3) is 4.22. The molecular weight excluding hydrogens is 283 g/mol. The second-order valence-corrected chi connectivity index (χ2v) is 4.80. The lowest BCUT2D eigenvalue weighted by atomic mass is 10.1. The highest BCUT2D eigenvalue weighted by Gasteiger charge is 2.07. The minimum absolute atomic E-state index is 0.0670. The van der Waals surface area contributed by atoms with Crippen molar-refractivity contribution in [3.63, 3.8) is 0 Å². The molecule has 0 saturated carbocycles. The average molecular weight is 302 g/mol. The fourth-order valence-corrected chi connectivity index (χ4v) is 2.02. The molecule has 0 aliphatic rings. The molecule has 2 aromatic rings. The van der Waals surface area contributed by atoms with E-state index < -0.39 is 0 Å². The number of rotatable bonds is 6. The standard InChI is InChI=1S/C17H19FN2O2/c1-3-12-4-7-14(8-5-12)20-17(21)11-19-15-9-6-13(18)10-16(15)22-2/h4-10,19H,3,11H2,1-2H3,(H,20,21). The van der Waals surface area contributed by atoms with Gasteiger partial charge < -0.3 is 15.4 Å². The van der Waals surface area contributed by atoms with E-state index in [9.17, 15) is 9.18 Å². The van der Waals surface area contributed by atoms with Crippen LogP contribution in [0.2, 0.25) is 0 Å². The number of hydrogen-bond acceptors (Lipinski definition) is 3. The van der Waals surface area contributed by atoms with Gasteiger partial charge >= 0.3 is 0 Å². The van der Waals surface area contributed by atoms with Crippen LogP contribution in [0.25, 0.3) is 0 Å². The molecule has 5 heteroatoms. The van der Waals surface area contributed by atoms with Crippen LogP contribution < -0.4 is 15.4 Å². The van der Waals surface area contributed by atoms with E-state index in [0.29, 0.717) is 11.4 Å². The Balaban J connectivity index is 1.92. The molecule has 0 saturated heterocycles. The Hall–Kier alpha value is -2.56. The maximum absolute atomic E-state index is 13.1. The van der Waals surface area contributed by atoms with Gasteiger partial charge in [0.05, 0.1) is 19.3 Å². The van der Waals surface area contributed by atoms with E-state index in [0.717, 1.165) is 12.1 Å². The van der Waals surface area contributed by atoms with Crippen molar-refractivity contribution in [3.05, 3.63) is 53.8 Å². The molecule has 0 spiro atoms. The van der Waals surface area contributed by atoms with Gasteiger partial charge in [-0.3, -0.25) is 4.79 Å². The van der Waals surface area contributed by atoms with Crippen molar-refractivity contribution in [1.29, 1.82) is 0 Å². The van der Waals surface area contributed by atoms with E-state index in [2.05, 4.69) is 17.6 Å². The molecule has 0 aromatic heterocycles. The number of carbonyl (C=O) groups excluding carboxylic acids is 1. The molecule has 0 bridgehead atoms. The molecular formula is C17H19FN2O2. The average Bonchev–Trinajstić information content (AvgIpc) is 2.54. The number of benzene rings is 2. The smallest absolute Gasteiger partial charge is 0.243 e. The van der Waals surface area contributed by atoms with Crippen LogP contribution in [0.5, 0.6) is 5.75 Å². The maximum atomic E-state index is 13.1. The Morgan fingerprint density at radius 1 is 1.18 bits per heavy atom. The number of anilines is 2. The fourth-order valence-electron chi connectivity index (χ4n) is 2.02. The molecule has 0 atom stereocenters. The van der Waals surface area contributed by atoms with E-state index >= 15 is 0 Å². The summed E-state index contributed by atoms with van der Waals surface area (Å²) < 4.78 is 18.2. The first-order chi connectivity index (χ1) is 10.6. The van der Waals surface area contributed by atoms with Gasteiger partial charge in [0, 0.05) is 11.8 Å². The molecule has 0 aliphatic carbocycles. The monoisotopic (exact) mass is 302 g/mol. The summed E-state index contributed by atoms with van der Waals surface area (Å²) in [5, 5.41) is 5.73. The van der Waals surface area contributed by atoms with Crippen LogP contribution in [0.4, 0.5) is 15.8 Å². The van der Waals surface area contributed by atoms with Gasteiger partial charge in [0.2, 0.25) is 5.91 Å². The molecule has 0 fully saturated rings. The molecule has 4 nitrogen and oxygen atoms in total. The zero-order valence-electron chi connectivity index (χ0n) is 12.7. The number of nitrogens with one attached hydrogen (secondary N) is 2. The third-order valence-corrected chi connectivity index (χ3v) is 3.25. The van der Waals surface area contributed by atoms with Crippen LogP contribution in [0.3, 0.4) is 0 Å². The first-order valence-electron chi connectivity index (χ1n) is 7.08. The number of ether oxygens (including phenoxy) is 1. The maximum Gasteiger partial charge on any atom is 0.243 e. The Labute approximate surface area is 129 Å². The van der Waals surface area contributed by atoms with Gasteiger partial charge in [-0.2, -0.15) is 0 Å². The van der Waals surface area contributed by atoms with Crippen LogP contribution in [-0.4, -0.2) is 19.6 Å². The lowest BCUT2D eigenvalue weighted by molar-refractivity contribution is -0.114. The van der Waals surface area contributed by atoms with Crippen LogP contribution in [0.1, 0.15) is 12.5 Å². The molecule has 2 aromatic carbocycles. The molecule has 2 rings (SSSR count). The zero-order valence-corrected chi connectivity index (χ0v) is 12.7. The first kappa shape index (κ1) is 15.8. The summed E-state index contributed by atoms with van der Waals surface area (Å²) in [6.07, 6.45) is 0.958. The molecule has 0 unspecified atom stereocenters. The molecule has 1 amide bonds. The van der Waals surface area contributed by atoms with E-state index in [-0.39, 0.29) is 18.3 Å². The summed E-state index contributed by atoms with van der Waals surface area (Å²) in [6.45, 7) is 2.14. The first-order valence-corrected chi connectivity index (χ1v) is 7.08. The summed E-state index contributed by atoms with van der Waals surface area (Å²) in [5.74, 6) is -0.210. The highest BCUT2D eigenvalue weighted by atomic mass is 19.1. The number of carbonyl (C=O) groups is 1. The highest BCUT2D eigenvalue weighted by molar-refractivity contribution is 5.93. The number of halogens is 1. The van der Waals surface area contributed by atoms with Gasteiger partial charge in [0.15, 0.2) is 0 Å². The van der Waals surface area contributed by atoms with Gasteiger partial charge in [0.25, 0.3) is 0 Å². The van der Waals surface area contributed by atoms with Crippen LogP contribution in [0.15, 0.2) is 42.5 Å². The van der Waals surface area contributed by atoms with Crippen molar-refractivity contribution >= 4 is 17.3 Å². The van der Waals surface area contributed by atoms with Gasteiger partial charge in [-0.1, -0.05) is 19.1 Å². The molecule has 0 radical (unpaired) electrons. The van der Waals surface area contributed by atoms with Gasteiger partial charge in [-0.15, -0.1) is 0 Å². The van der Waals surface area contributed by atoms with Crippen molar-refractivity contribution in [2.45, 2.75) is 13.3 Å². The zero-order chi connectivity index (χ0) is 15.9. The second kappa shape index (κ2) is 7.45. The van der Waals surface area contributed by atoms with E-state index in [4.69, 9.17) is 4.74 Å². The van der Waals surface area contributed by atoms with Crippen molar-refractivity contribution in [3.8, 4) is 5.75 Å². The quantitative estimate of drug-likeness (QED) is 0.859.